The second-order valence-corrected chi connectivity index (χ2v) is 7.59. The van der Waals surface area contributed by atoms with E-state index in [4.69, 9.17) is 0 Å². The van der Waals surface area contributed by atoms with Crippen LogP contribution in [0.3, 0.4) is 0 Å². The Balaban J connectivity index is 1.43. The van der Waals surface area contributed by atoms with Crippen LogP contribution in [0.1, 0.15) is 40.8 Å². The van der Waals surface area contributed by atoms with Gasteiger partial charge in [-0.05, 0) is 43.2 Å². The average Bonchev–Trinajstić information content (AvgIpc) is 3.25. The molecule has 126 valence electrons. The zero-order valence-electron chi connectivity index (χ0n) is 13.9. The number of carbonyl (C=O) groups excluding carboxylic acids is 1. The molecule has 0 N–H and O–H groups in total. The molecule has 1 saturated heterocycles. The topological polar surface area (TPSA) is 49.3 Å². The van der Waals surface area contributed by atoms with Gasteiger partial charge >= 0.3 is 0 Å². The van der Waals surface area contributed by atoms with Crippen molar-refractivity contribution in [3.63, 3.8) is 0 Å². The van der Waals surface area contributed by atoms with Crippen LogP contribution in [0.4, 0.5) is 0 Å². The van der Waals surface area contributed by atoms with Gasteiger partial charge in [0.15, 0.2) is 0 Å². The largest absolute Gasteiger partial charge is 0.334 e. The molecule has 24 heavy (non-hydrogen) atoms. The van der Waals surface area contributed by atoms with Gasteiger partial charge in [0.1, 0.15) is 5.82 Å². The van der Waals surface area contributed by atoms with Crippen LogP contribution in [0.5, 0.6) is 0 Å². The minimum Gasteiger partial charge on any atom is -0.334 e. The molecule has 0 bridgehead atoms. The average molecular weight is 342 g/mol. The molecule has 2 aliphatic rings. The number of amides is 1. The predicted molar refractivity (Wildman–Crippen MR) is 93.8 cm³/mol. The summed E-state index contributed by atoms with van der Waals surface area (Å²) in [5.41, 5.74) is 2.31. The third-order valence-electron chi connectivity index (χ3n) is 4.95. The number of nitrogens with zero attached hydrogens (tertiary/aromatic N) is 4. The summed E-state index contributed by atoms with van der Waals surface area (Å²) in [4.78, 5) is 27.3. The molecule has 5 nitrogen and oxygen atoms in total. The maximum Gasteiger partial charge on any atom is 0.237 e. The third-order valence-corrected chi connectivity index (χ3v) is 5.92. The highest BCUT2D eigenvalue weighted by atomic mass is 32.1. The molecule has 2 aromatic rings. The van der Waals surface area contributed by atoms with Gasteiger partial charge in [0.2, 0.25) is 5.91 Å². The van der Waals surface area contributed by atoms with Gasteiger partial charge in [0.25, 0.3) is 0 Å². The first kappa shape index (κ1) is 15.7. The molecule has 2 aromatic heterocycles. The molecule has 1 amide bonds. The fourth-order valence-electron chi connectivity index (χ4n) is 3.72. The molecule has 4 rings (SSSR count). The molecule has 1 atom stereocenters. The minimum absolute atomic E-state index is 0.250. The van der Waals surface area contributed by atoms with Crippen molar-refractivity contribution in [1.82, 2.24) is 19.8 Å². The maximum absolute atomic E-state index is 12.9. The van der Waals surface area contributed by atoms with E-state index in [1.807, 2.05) is 13.1 Å². The summed E-state index contributed by atoms with van der Waals surface area (Å²) in [6, 6.07) is 4.50. The minimum atomic E-state index is 0.250. The molecule has 0 spiro atoms. The van der Waals surface area contributed by atoms with E-state index in [1.54, 1.807) is 11.3 Å². The van der Waals surface area contributed by atoms with E-state index < -0.39 is 0 Å². The van der Waals surface area contributed by atoms with Crippen molar-refractivity contribution in [3.05, 3.63) is 45.7 Å². The molecule has 1 unspecified atom stereocenters. The Morgan fingerprint density at radius 2 is 2.33 bits per heavy atom. The summed E-state index contributed by atoms with van der Waals surface area (Å²) >= 11 is 1.76. The summed E-state index contributed by atoms with van der Waals surface area (Å²) in [5, 5.41) is 2.10. The Kier molecular flexibility index (Phi) is 4.33. The highest BCUT2D eigenvalue weighted by Gasteiger charge is 2.31. The molecule has 6 heteroatoms. The number of thiophene rings is 1. The number of hydrogen-bond acceptors (Lipinski definition) is 5. The Labute approximate surface area is 146 Å². The van der Waals surface area contributed by atoms with Gasteiger partial charge < -0.3 is 4.90 Å². The molecular weight excluding hydrogens is 320 g/mol. The van der Waals surface area contributed by atoms with E-state index in [0.29, 0.717) is 6.54 Å². The SMILES string of the molecule is Cc1ncc2c(n1)CN(CC(=O)N1CCCC1c1cccs1)CC2. The zero-order valence-corrected chi connectivity index (χ0v) is 14.8. The Hall–Kier alpha value is -1.79. The van der Waals surface area contributed by atoms with Crippen LogP contribution in [-0.2, 0) is 17.8 Å². The Bertz CT molecular complexity index is 731. The lowest BCUT2D eigenvalue weighted by Crippen LogP contribution is -2.42. The molecule has 4 heterocycles. The van der Waals surface area contributed by atoms with Gasteiger partial charge in [-0.3, -0.25) is 9.69 Å². The zero-order chi connectivity index (χ0) is 16.5. The summed E-state index contributed by atoms with van der Waals surface area (Å²) in [6.45, 7) is 4.95. The van der Waals surface area contributed by atoms with E-state index >= 15 is 0 Å². The van der Waals surface area contributed by atoms with Crippen LogP contribution < -0.4 is 0 Å². The molecule has 0 aliphatic carbocycles. The number of carbonyl (C=O) groups is 1. The van der Waals surface area contributed by atoms with E-state index in [2.05, 4.69) is 37.3 Å². The lowest BCUT2D eigenvalue weighted by atomic mass is 10.1. The number of aryl methyl sites for hydroxylation is 1. The monoisotopic (exact) mass is 342 g/mol. The second-order valence-electron chi connectivity index (χ2n) is 6.61. The lowest BCUT2D eigenvalue weighted by Gasteiger charge is -2.30. The summed E-state index contributed by atoms with van der Waals surface area (Å²) in [7, 11) is 0. The van der Waals surface area contributed by atoms with E-state index in [0.717, 1.165) is 50.4 Å². The molecule has 0 saturated carbocycles. The fraction of sp³-hybridized carbons (Fsp3) is 0.500. The highest BCUT2D eigenvalue weighted by molar-refractivity contribution is 7.10. The molecule has 0 radical (unpaired) electrons. The number of fused-ring (bicyclic) bond motifs is 1. The van der Waals surface area contributed by atoms with Gasteiger partial charge in [-0.25, -0.2) is 9.97 Å². The van der Waals surface area contributed by atoms with E-state index in [1.165, 1.54) is 10.4 Å². The van der Waals surface area contributed by atoms with Crippen molar-refractivity contribution in [2.75, 3.05) is 19.6 Å². The van der Waals surface area contributed by atoms with Crippen molar-refractivity contribution in [2.24, 2.45) is 0 Å². The first-order valence-corrected chi connectivity index (χ1v) is 9.45. The van der Waals surface area contributed by atoms with Gasteiger partial charge in [-0.1, -0.05) is 6.07 Å². The second kappa shape index (κ2) is 6.61. The summed E-state index contributed by atoms with van der Waals surface area (Å²) < 4.78 is 0. The first-order chi connectivity index (χ1) is 11.7. The third kappa shape index (κ3) is 3.08. The van der Waals surface area contributed by atoms with Crippen molar-refractivity contribution in [1.29, 1.82) is 0 Å². The fourth-order valence-corrected chi connectivity index (χ4v) is 4.59. The van der Waals surface area contributed by atoms with Crippen LogP contribution in [0.2, 0.25) is 0 Å². The predicted octanol–water partition coefficient (Wildman–Crippen LogP) is 2.57. The van der Waals surface area contributed by atoms with E-state index in [9.17, 15) is 4.79 Å². The summed E-state index contributed by atoms with van der Waals surface area (Å²) in [6.07, 6.45) is 5.05. The number of hydrogen-bond donors (Lipinski definition) is 0. The normalized spacial score (nSPS) is 21.0. The van der Waals surface area contributed by atoms with E-state index in [-0.39, 0.29) is 11.9 Å². The molecular formula is C18H22N4OS. The molecule has 0 aromatic carbocycles. The molecule has 2 aliphatic heterocycles. The van der Waals surface area contributed by atoms with Crippen LogP contribution in [-0.4, -0.2) is 45.3 Å². The Morgan fingerprint density at radius 1 is 1.42 bits per heavy atom. The van der Waals surface area contributed by atoms with Crippen molar-refractivity contribution < 1.29 is 4.79 Å². The van der Waals surface area contributed by atoms with Crippen molar-refractivity contribution in [3.8, 4) is 0 Å². The summed E-state index contributed by atoms with van der Waals surface area (Å²) in [5.74, 6) is 1.05. The van der Waals surface area contributed by atoms with Crippen LogP contribution in [0.25, 0.3) is 0 Å². The maximum atomic E-state index is 12.9. The van der Waals surface area contributed by atoms with Crippen LogP contribution >= 0.6 is 11.3 Å². The highest BCUT2D eigenvalue weighted by Crippen LogP contribution is 2.34. The lowest BCUT2D eigenvalue weighted by molar-refractivity contribution is -0.133. The Morgan fingerprint density at radius 3 is 3.17 bits per heavy atom. The standard InChI is InChI=1S/C18H22N4OS/c1-13-19-10-14-6-8-21(11-15(14)20-13)12-18(23)22-7-2-4-16(22)17-5-3-9-24-17/h3,5,9-10,16H,2,4,6-8,11-12H2,1H3. The van der Waals surface area contributed by atoms with Crippen molar-refractivity contribution in [2.45, 2.75) is 38.8 Å². The number of likely N-dealkylation sites (tertiary alicyclic amines) is 1. The van der Waals surface area contributed by atoms with Gasteiger partial charge in [-0.15, -0.1) is 11.3 Å². The van der Waals surface area contributed by atoms with Gasteiger partial charge in [0.05, 0.1) is 18.3 Å². The van der Waals surface area contributed by atoms with Crippen molar-refractivity contribution >= 4 is 17.2 Å². The van der Waals surface area contributed by atoms with Gasteiger partial charge in [0, 0.05) is 30.7 Å². The van der Waals surface area contributed by atoms with Crippen LogP contribution in [0, 0.1) is 6.92 Å². The van der Waals surface area contributed by atoms with Gasteiger partial charge in [-0.2, -0.15) is 0 Å². The quantitative estimate of drug-likeness (QED) is 0.860. The molecule has 1 fully saturated rings. The first-order valence-electron chi connectivity index (χ1n) is 8.57. The smallest absolute Gasteiger partial charge is 0.237 e. The number of rotatable bonds is 3. The number of aromatic nitrogens is 2. The van der Waals surface area contributed by atoms with Crippen LogP contribution in [0.15, 0.2) is 23.7 Å².